The van der Waals surface area contributed by atoms with Gasteiger partial charge in [0.05, 0.1) is 13.0 Å². The van der Waals surface area contributed by atoms with E-state index in [0.29, 0.717) is 31.1 Å². The highest BCUT2D eigenvalue weighted by atomic mass is 35.5. The molecule has 6 nitrogen and oxygen atoms in total. The Hall–Kier alpha value is -1.92. The molecule has 0 amide bonds. The van der Waals surface area contributed by atoms with E-state index in [2.05, 4.69) is 10.1 Å². The molecule has 0 bridgehead atoms. The van der Waals surface area contributed by atoms with Crippen LogP contribution in [0.15, 0.2) is 28.8 Å². The summed E-state index contributed by atoms with van der Waals surface area (Å²) >= 11 is 0. The maximum Gasteiger partial charge on any atom is 0.320 e. The van der Waals surface area contributed by atoms with E-state index >= 15 is 0 Å². The molecule has 124 valence electrons. The zero-order valence-electron chi connectivity index (χ0n) is 12.9. The summed E-state index contributed by atoms with van der Waals surface area (Å²) in [6, 6.07) is 7.64. The standard InChI is InChI=1S/C16H19N3O3.ClH/c1-11-5-2-3-6-12(11)9-15-17-14(18-22-15)10-19-8-4-7-13(19)16(20)21;/h2-3,5-6,13H,4,7-10H2,1H3,(H,20,21);1H/t13-;/m1./s1. The Bertz CT molecular complexity index is 674. The van der Waals surface area contributed by atoms with Gasteiger partial charge in [-0.2, -0.15) is 4.98 Å². The van der Waals surface area contributed by atoms with Crippen molar-refractivity contribution in [2.75, 3.05) is 6.54 Å². The summed E-state index contributed by atoms with van der Waals surface area (Å²) in [6.07, 6.45) is 2.18. The van der Waals surface area contributed by atoms with Gasteiger partial charge < -0.3 is 9.63 Å². The minimum absolute atomic E-state index is 0. The maximum atomic E-state index is 11.2. The summed E-state index contributed by atoms with van der Waals surface area (Å²) < 4.78 is 5.29. The first-order chi connectivity index (χ1) is 10.6. The number of nitrogens with zero attached hydrogens (tertiary/aromatic N) is 3. The van der Waals surface area contributed by atoms with Crippen LogP contribution in [0.3, 0.4) is 0 Å². The Morgan fingerprint density at radius 3 is 2.96 bits per heavy atom. The lowest BCUT2D eigenvalue weighted by Crippen LogP contribution is -2.35. The van der Waals surface area contributed by atoms with Crippen LogP contribution in [-0.2, 0) is 17.8 Å². The number of carboxylic acid groups (broad SMARTS) is 1. The molecule has 0 spiro atoms. The minimum Gasteiger partial charge on any atom is -0.480 e. The molecule has 1 aromatic carbocycles. The predicted octanol–water partition coefficient (Wildman–Crippen LogP) is 2.44. The molecule has 1 saturated heterocycles. The van der Waals surface area contributed by atoms with Crippen molar-refractivity contribution in [1.82, 2.24) is 15.0 Å². The van der Waals surface area contributed by atoms with Gasteiger partial charge in [0.1, 0.15) is 6.04 Å². The molecule has 3 rings (SSSR count). The molecule has 1 N–H and O–H groups in total. The van der Waals surface area contributed by atoms with Crippen molar-refractivity contribution in [1.29, 1.82) is 0 Å². The van der Waals surface area contributed by atoms with Crippen molar-refractivity contribution in [2.45, 2.75) is 38.8 Å². The summed E-state index contributed by atoms with van der Waals surface area (Å²) in [5.41, 5.74) is 2.34. The largest absolute Gasteiger partial charge is 0.480 e. The van der Waals surface area contributed by atoms with Gasteiger partial charge in [0.15, 0.2) is 5.82 Å². The van der Waals surface area contributed by atoms with Crippen LogP contribution in [-0.4, -0.2) is 38.7 Å². The molecular weight excluding hydrogens is 318 g/mol. The van der Waals surface area contributed by atoms with Crippen LogP contribution in [0.5, 0.6) is 0 Å². The van der Waals surface area contributed by atoms with Crippen LogP contribution in [0.1, 0.15) is 35.7 Å². The molecule has 7 heteroatoms. The highest BCUT2D eigenvalue weighted by Crippen LogP contribution is 2.20. The molecule has 1 atom stereocenters. The fourth-order valence-electron chi connectivity index (χ4n) is 2.87. The van der Waals surface area contributed by atoms with Gasteiger partial charge in [-0.3, -0.25) is 9.69 Å². The Kier molecular flexibility index (Phi) is 5.74. The molecule has 2 aromatic rings. The average molecular weight is 338 g/mol. The summed E-state index contributed by atoms with van der Waals surface area (Å²) in [5.74, 6) is 0.341. The van der Waals surface area contributed by atoms with Gasteiger partial charge in [0, 0.05) is 0 Å². The van der Waals surface area contributed by atoms with Gasteiger partial charge in [-0.05, 0) is 37.4 Å². The van der Waals surface area contributed by atoms with E-state index in [-0.39, 0.29) is 12.4 Å². The number of benzene rings is 1. The second-order valence-corrected chi connectivity index (χ2v) is 5.67. The quantitative estimate of drug-likeness (QED) is 0.902. The fourth-order valence-corrected chi connectivity index (χ4v) is 2.87. The van der Waals surface area contributed by atoms with Gasteiger partial charge in [0.2, 0.25) is 5.89 Å². The van der Waals surface area contributed by atoms with E-state index in [4.69, 9.17) is 4.52 Å². The van der Waals surface area contributed by atoms with Crippen LogP contribution in [0.4, 0.5) is 0 Å². The Labute approximate surface area is 140 Å². The number of carbonyl (C=O) groups is 1. The van der Waals surface area contributed by atoms with Crippen LogP contribution in [0.2, 0.25) is 0 Å². The lowest BCUT2D eigenvalue weighted by molar-refractivity contribution is -0.142. The smallest absolute Gasteiger partial charge is 0.320 e. The number of likely N-dealkylation sites (tertiary alicyclic amines) is 1. The lowest BCUT2D eigenvalue weighted by atomic mass is 10.1. The number of aliphatic carboxylic acids is 1. The molecule has 0 unspecified atom stereocenters. The maximum absolute atomic E-state index is 11.2. The first-order valence-corrected chi connectivity index (χ1v) is 7.46. The highest BCUT2D eigenvalue weighted by Gasteiger charge is 2.31. The number of hydrogen-bond acceptors (Lipinski definition) is 5. The molecule has 0 saturated carbocycles. The first kappa shape index (κ1) is 17.4. The SMILES string of the molecule is Cc1ccccc1Cc1nc(CN2CCC[C@@H]2C(=O)O)no1.Cl. The number of hydrogen-bond donors (Lipinski definition) is 1. The van der Waals surface area contributed by atoms with Crippen molar-refractivity contribution in [2.24, 2.45) is 0 Å². The van der Waals surface area contributed by atoms with E-state index in [1.165, 1.54) is 5.56 Å². The third-order valence-corrected chi connectivity index (χ3v) is 4.11. The van der Waals surface area contributed by atoms with Crippen molar-refractivity contribution in [3.8, 4) is 0 Å². The van der Waals surface area contributed by atoms with E-state index in [9.17, 15) is 9.90 Å². The second kappa shape index (κ2) is 7.57. The first-order valence-electron chi connectivity index (χ1n) is 7.46. The zero-order chi connectivity index (χ0) is 15.5. The van der Waals surface area contributed by atoms with Gasteiger partial charge in [-0.25, -0.2) is 0 Å². The lowest BCUT2D eigenvalue weighted by Gasteiger charge is -2.18. The molecule has 1 aromatic heterocycles. The average Bonchev–Trinajstić information content (AvgIpc) is 3.11. The molecule has 1 fully saturated rings. The van der Waals surface area contributed by atoms with Gasteiger partial charge >= 0.3 is 5.97 Å². The normalized spacial score (nSPS) is 17.9. The number of aryl methyl sites for hydroxylation is 1. The second-order valence-electron chi connectivity index (χ2n) is 5.67. The van der Waals surface area contributed by atoms with Crippen LogP contribution >= 0.6 is 12.4 Å². The molecule has 0 aliphatic carbocycles. The molecule has 2 heterocycles. The summed E-state index contributed by atoms with van der Waals surface area (Å²) in [4.78, 5) is 17.5. The van der Waals surface area contributed by atoms with Gasteiger partial charge in [0.25, 0.3) is 0 Å². The fraction of sp³-hybridized carbons (Fsp3) is 0.438. The van der Waals surface area contributed by atoms with Gasteiger partial charge in [-0.15, -0.1) is 12.4 Å². The zero-order valence-corrected chi connectivity index (χ0v) is 13.8. The summed E-state index contributed by atoms with van der Waals surface area (Å²) in [5, 5.41) is 13.2. The van der Waals surface area contributed by atoms with E-state index in [0.717, 1.165) is 18.5 Å². The Balaban J connectivity index is 0.00000192. The number of carboxylic acids is 1. The summed E-state index contributed by atoms with van der Waals surface area (Å²) in [6.45, 7) is 3.24. The van der Waals surface area contributed by atoms with E-state index < -0.39 is 12.0 Å². The van der Waals surface area contributed by atoms with Crippen LogP contribution in [0, 0.1) is 6.92 Å². The molecule has 1 aliphatic rings. The van der Waals surface area contributed by atoms with Crippen LogP contribution < -0.4 is 0 Å². The van der Waals surface area contributed by atoms with Gasteiger partial charge in [-0.1, -0.05) is 29.4 Å². The monoisotopic (exact) mass is 337 g/mol. The predicted molar refractivity (Wildman–Crippen MR) is 86.6 cm³/mol. The summed E-state index contributed by atoms with van der Waals surface area (Å²) in [7, 11) is 0. The third kappa shape index (κ3) is 4.09. The molecular formula is C16H20ClN3O3. The van der Waals surface area contributed by atoms with Crippen molar-refractivity contribution >= 4 is 18.4 Å². The van der Waals surface area contributed by atoms with Crippen molar-refractivity contribution < 1.29 is 14.4 Å². The number of halogens is 1. The van der Waals surface area contributed by atoms with E-state index in [1.54, 1.807) is 0 Å². The molecule has 1 aliphatic heterocycles. The molecule has 23 heavy (non-hydrogen) atoms. The van der Waals surface area contributed by atoms with Crippen molar-refractivity contribution in [3.05, 3.63) is 47.1 Å². The van der Waals surface area contributed by atoms with Crippen LogP contribution in [0.25, 0.3) is 0 Å². The minimum atomic E-state index is -0.777. The Morgan fingerprint density at radius 2 is 2.22 bits per heavy atom. The number of rotatable bonds is 5. The Morgan fingerprint density at radius 1 is 1.43 bits per heavy atom. The third-order valence-electron chi connectivity index (χ3n) is 4.11. The highest BCUT2D eigenvalue weighted by molar-refractivity contribution is 5.85. The van der Waals surface area contributed by atoms with E-state index in [1.807, 2.05) is 36.1 Å². The molecule has 0 radical (unpaired) electrons. The number of aromatic nitrogens is 2. The topological polar surface area (TPSA) is 79.5 Å². The van der Waals surface area contributed by atoms with Crippen molar-refractivity contribution in [3.63, 3.8) is 0 Å².